The third-order valence-corrected chi connectivity index (χ3v) is 6.90. The zero-order chi connectivity index (χ0) is 26.8. The van der Waals surface area contributed by atoms with Gasteiger partial charge in [0.15, 0.2) is 17.3 Å². The number of allylic oxidation sites excluding steroid dienone is 1. The van der Waals surface area contributed by atoms with Crippen LogP contribution in [0.4, 0.5) is 0 Å². The summed E-state index contributed by atoms with van der Waals surface area (Å²) >= 11 is 0. The van der Waals surface area contributed by atoms with Gasteiger partial charge >= 0.3 is 0 Å². The van der Waals surface area contributed by atoms with Crippen LogP contribution in [0.1, 0.15) is 32.6 Å². The number of para-hydroxylation sites is 1. The van der Waals surface area contributed by atoms with E-state index in [2.05, 4.69) is 11.0 Å². The second-order valence-electron chi connectivity index (χ2n) is 9.15. The van der Waals surface area contributed by atoms with Gasteiger partial charge in [0.2, 0.25) is 5.78 Å². The zero-order valence-electron chi connectivity index (χ0n) is 22.3. The topological polar surface area (TPSA) is 75.7 Å². The number of benzene rings is 3. The zero-order valence-corrected chi connectivity index (χ0v) is 22.3. The summed E-state index contributed by atoms with van der Waals surface area (Å²) in [5.41, 5.74) is 4.02. The Morgan fingerprint density at radius 3 is 2.37 bits per heavy atom. The fraction of sp³-hybridized carbons (Fsp3) is 0.300. The molecule has 0 aromatic heterocycles. The van der Waals surface area contributed by atoms with E-state index in [0.717, 1.165) is 41.2 Å². The molecule has 0 N–H and O–H groups in total. The quantitative estimate of drug-likeness (QED) is 0.385. The second-order valence-corrected chi connectivity index (χ2v) is 9.15. The fourth-order valence-corrected chi connectivity index (χ4v) is 4.91. The third kappa shape index (κ3) is 4.63. The van der Waals surface area contributed by atoms with Crippen molar-refractivity contribution in [1.29, 1.82) is 0 Å². The van der Waals surface area contributed by atoms with Gasteiger partial charge in [0.05, 0.1) is 39.6 Å². The molecule has 5 rings (SSSR count). The van der Waals surface area contributed by atoms with Crippen LogP contribution in [0, 0.1) is 6.92 Å². The Hall–Kier alpha value is -4.17. The molecule has 3 aromatic carbocycles. The van der Waals surface area contributed by atoms with Gasteiger partial charge in [0.25, 0.3) is 0 Å². The molecule has 0 aliphatic carbocycles. The Balaban J connectivity index is 1.43. The number of carbonyl (C=O) groups is 1. The first-order chi connectivity index (χ1) is 18.5. The molecule has 8 nitrogen and oxygen atoms in total. The van der Waals surface area contributed by atoms with Gasteiger partial charge in [-0.2, -0.15) is 0 Å². The van der Waals surface area contributed by atoms with Crippen molar-refractivity contribution in [2.45, 2.75) is 19.9 Å². The number of fused-ring (bicyclic) bond motifs is 3. The van der Waals surface area contributed by atoms with E-state index in [0.29, 0.717) is 47.4 Å². The van der Waals surface area contributed by atoms with E-state index < -0.39 is 0 Å². The number of nitrogens with zero attached hydrogens (tertiary/aromatic N) is 1. The van der Waals surface area contributed by atoms with Gasteiger partial charge < -0.3 is 28.4 Å². The summed E-state index contributed by atoms with van der Waals surface area (Å²) in [6, 6.07) is 13.4. The van der Waals surface area contributed by atoms with E-state index in [4.69, 9.17) is 28.4 Å². The van der Waals surface area contributed by atoms with Crippen LogP contribution in [0.25, 0.3) is 6.08 Å². The Labute approximate surface area is 222 Å². The van der Waals surface area contributed by atoms with Crippen LogP contribution < -0.4 is 28.4 Å². The van der Waals surface area contributed by atoms with Crippen LogP contribution in [0.3, 0.4) is 0 Å². The first-order valence-electron chi connectivity index (χ1n) is 12.3. The Morgan fingerprint density at radius 1 is 0.921 bits per heavy atom. The molecule has 0 radical (unpaired) electrons. The van der Waals surface area contributed by atoms with Crippen LogP contribution in [0.5, 0.6) is 34.5 Å². The normalized spacial score (nSPS) is 15.4. The molecule has 0 unspecified atom stereocenters. The molecule has 8 heteroatoms. The van der Waals surface area contributed by atoms with Crippen molar-refractivity contribution in [3.63, 3.8) is 0 Å². The van der Waals surface area contributed by atoms with Gasteiger partial charge in [-0.1, -0.05) is 18.2 Å². The molecule has 3 aromatic rings. The van der Waals surface area contributed by atoms with Crippen LogP contribution >= 0.6 is 0 Å². The molecule has 0 atom stereocenters. The maximum Gasteiger partial charge on any atom is 0.232 e. The summed E-state index contributed by atoms with van der Waals surface area (Å²) in [5.74, 6) is 3.80. The van der Waals surface area contributed by atoms with Crippen LogP contribution in [0.15, 0.2) is 48.2 Å². The predicted molar refractivity (Wildman–Crippen MR) is 143 cm³/mol. The Morgan fingerprint density at radius 2 is 1.63 bits per heavy atom. The highest BCUT2D eigenvalue weighted by Crippen LogP contribution is 2.45. The average molecular weight is 518 g/mol. The lowest BCUT2D eigenvalue weighted by Gasteiger charge is -2.30. The number of hydrogen-bond acceptors (Lipinski definition) is 8. The van der Waals surface area contributed by atoms with E-state index in [-0.39, 0.29) is 11.5 Å². The lowest BCUT2D eigenvalue weighted by Crippen LogP contribution is -2.34. The van der Waals surface area contributed by atoms with Gasteiger partial charge in [-0.25, -0.2) is 0 Å². The number of hydrogen-bond donors (Lipinski definition) is 0. The first-order valence-corrected chi connectivity index (χ1v) is 12.3. The maximum atomic E-state index is 13.5. The van der Waals surface area contributed by atoms with Crippen LogP contribution in [0.2, 0.25) is 0 Å². The number of rotatable bonds is 8. The predicted octanol–water partition coefficient (Wildman–Crippen LogP) is 5.04. The second kappa shape index (κ2) is 10.7. The van der Waals surface area contributed by atoms with Crippen LogP contribution in [-0.4, -0.2) is 52.4 Å². The summed E-state index contributed by atoms with van der Waals surface area (Å²) in [6.45, 7) is 3.73. The highest BCUT2D eigenvalue weighted by atomic mass is 16.5. The molecule has 0 spiro atoms. The molecule has 2 aliphatic rings. The van der Waals surface area contributed by atoms with Crippen molar-refractivity contribution in [3.05, 3.63) is 76.0 Å². The molecular formula is C30H31NO7. The van der Waals surface area contributed by atoms with E-state index >= 15 is 0 Å². The highest BCUT2D eigenvalue weighted by molar-refractivity contribution is 6.16. The number of Topliss-reactive ketones (excluding diaryl/α,β-unsaturated/α-hetero) is 1. The SMILES string of the molecule is COc1cc(OC)c(OC)cc1/C=C1\Oc2c3c(cc(C)c2C1=O)OCN(CCc1ccccc1OC)C3. The summed E-state index contributed by atoms with van der Waals surface area (Å²) in [5, 5.41) is 0. The van der Waals surface area contributed by atoms with Gasteiger partial charge in [-0.15, -0.1) is 0 Å². The molecule has 198 valence electrons. The largest absolute Gasteiger partial charge is 0.496 e. The number of aryl methyl sites for hydroxylation is 1. The molecule has 0 bridgehead atoms. The van der Waals surface area contributed by atoms with E-state index in [9.17, 15) is 4.79 Å². The minimum absolute atomic E-state index is 0.178. The molecule has 0 fully saturated rings. The fourth-order valence-electron chi connectivity index (χ4n) is 4.91. The monoisotopic (exact) mass is 517 g/mol. The molecule has 38 heavy (non-hydrogen) atoms. The lowest BCUT2D eigenvalue weighted by molar-refractivity contribution is 0.0947. The van der Waals surface area contributed by atoms with Crippen molar-refractivity contribution in [1.82, 2.24) is 4.90 Å². The van der Waals surface area contributed by atoms with Crippen molar-refractivity contribution in [2.24, 2.45) is 0 Å². The minimum Gasteiger partial charge on any atom is -0.496 e. The molecule has 0 amide bonds. The molecular weight excluding hydrogens is 486 g/mol. The van der Waals surface area contributed by atoms with E-state index in [1.54, 1.807) is 46.6 Å². The van der Waals surface area contributed by atoms with Crippen LogP contribution in [-0.2, 0) is 13.0 Å². The molecule has 0 saturated carbocycles. The number of methoxy groups -OCH3 is 4. The van der Waals surface area contributed by atoms with Gasteiger partial charge in [0, 0.05) is 24.7 Å². The lowest BCUT2D eigenvalue weighted by atomic mass is 9.98. The summed E-state index contributed by atoms with van der Waals surface area (Å²) in [7, 11) is 6.36. The molecule has 2 aliphatic heterocycles. The number of ketones is 1. The summed E-state index contributed by atoms with van der Waals surface area (Å²) < 4.78 is 34.2. The Bertz CT molecular complexity index is 1410. The molecule has 0 saturated heterocycles. The van der Waals surface area contributed by atoms with E-state index in [1.165, 1.54) is 0 Å². The van der Waals surface area contributed by atoms with Gasteiger partial charge in [-0.05, 0) is 48.7 Å². The first kappa shape index (κ1) is 25.5. The minimum atomic E-state index is -0.178. The van der Waals surface area contributed by atoms with Crippen molar-refractivity contribution in [2.75, 3.05) is 41.7 Å². The van der Waals surface area contributed by atoms with Gasteiger partial charge in [-0.3, -0.25) is 9.69 Å². The average Bonchev–Trinajstić information content (AvgIpc) is 3.28. The highest BCUT2D eigenvalue weighted by Gasteiger charge is 2.35. The maximum absolute atomic E-state index is 13.5. The summed E-state index contributed by atoms with van der Waals surface area (Å²) in [6.07, 6.45) is 2.49. The molecule has 2 heterocycles. The standard InChI is InChI=1S/C30H31NO7/c1-18-12-24-21(16-31(17-37-24)11-10-19-8-6-7-9-22(19)33-2)30-28(18)29(32)27(38-30)14-20-13-25(35-4)26(36-5)15-23(20)34-3/h6-9,12-15H,10-11,16-17H2,1-5H3/b27-14-. The smallest absolute Gasteiger partial charge is 0.232 e. The van der Waals surface area contributed by atoms with Gasteiger partial charge in [0.1, 0.15) is 29.7 Å². The van der Waals surface area contributed by atoms with E-state index in [1.807, 2.05) is 31.2 Å². The Kier molecular flexibility index (Phi) is 7.15. The van der Waals surface area contributed by atoms with Crippen molar-refractivity contribution < 1.29 is 33.2 Å². The number of carbonyl (C=O) groups excluding carboxylic acids is 1. The third-order valence-electron chi connectivity index (χ3n) is 6.90. The van der Waals surface area contributed by atoms with Crippen molar-refractivity contribution >= 4 is 11.9 Å². The summed E-state index contributed by atoms with van der Waals surface area (Å²) in [4.78, 5) is 15.7. The number of ether oxygens (including phenoxy) is 6. The van der Waals surface area contributed by atoms with Crippen molar-refractivity contribution in [3.8, 4) is 34.5 Å².